The minimum Gasteiger partial charge on any atom is -0.495 e. The summed E-state index contributed by atoms with van der Waals surface area (Å²) in [7, 11) is -2.58. The molecule has 9 heteroatoms. The zero-order valence-electron chi connectivity index (χ0n) is 18.9. The first-order valence-corrected chi connectivity index (χ1v) is 12.4. The second-order valence-corrected chi connectivity index (χ2v) is 9.78. The third kappa shape index (κ3) is 6.59. The Labute approximate surface area is 205 Å². The second kappa shape index (κ2) is 11.7. The number of carbonyl (C=O) groups is 1. The molecule has 3 aromatic carbocycles. The summed E-state index contributed by atoms with van der Waals surface area (Å²) in [5, 5.41) is 4.36. The van der Waals surface area contributed by atoms with E-state index in [0.29, 0.717) is 12.2 Å². The molecule has 0 radical (unpaired) electrons. The number of sulfonamides is 1. The van der Waals surface area contributed by atoms with Crippen molar-refractivity contribution in [2.24, 2.45) is 5.10 Å². The third-order valence-electron chi connectivity index (χ3n) is 5.03. The Kier molecular flexibility index (Phi) is 8.67. The van der Waals surface area contributed by atoms with Crippen molar-refractivity contribution in [3.63, 3.8) is 0 Å². The highest BCUT2D eigenvalue weighted by molar-refractivity contribution is 7.92. The molecule has 1 amide bonds. The molecule has 0 atom stereocenters. The number of hydrazone groups is 1. The molecule has 0 saturated carbocycles. The number of hydrogen-bond donors (Lipinski definition) is 1. The van der Waals surface area contributed by atoms with E-state index in [1.165, 1.54) is 36.9 Å². The number of nitrogens with zero attached hydrogens (tertiary/aromatic N) is 2. The van der Waals surface area contributed by atoms with Crippen molar-refractivity contribution in [1.82, 2.24) is 5.43 Å². The van der Waals surface area contributed by atoms with Crippen LogP contribution in [0.25, 0.3) is 0 Å². The van der Waals surface area contributed by atoms with Gasteiger partial charge in [0.25, 0.3) is 15.9 Å². The molecule has 0 aliphatic carbocycles. The van der Waals surface area contributed by atoms with Crippen LogP contribution in [0.1, 0.15) is 18.9 Å². The summed E-state index contributed by atoms with van der Waals surface area (Å²) in [6, 6.07) is 22.4. The first-order chi connectivity index (χ1) is 16.3. The number of methoxy groups -OCH3 is 1. The van der Waals surface area contributed by atoms with Gasteiger partial charge in [0.2, 0.25) is 0 Å². The Bertz CT molecular complexity index is 1250. The van der Waals surface area contributed by atoms with Crippen LogP contribution in [-0.2, 0) is 21.2 Å². The van der Waals surface area contributed by atoms with Gasteiger partial charge in [0.15, 0.2) is 0 Å². The maximum atomic E-state index is 13.4. The minimum atomic E-state index is -4.05. The Morgan fingerprint density at radius 3 is 2.29 bits per heavy atom. The zero-order valence-corrected chi connectivity index (χ0v) is 20.5. The molecule has 178 valence electrons. The van der Waals surface area contributed by atoms with Crippen molar-refractivity contribution < 1.29 is 17.9 Å². The molecule has 0 aromatic heterocycles. The molecular weight excluding hydrogens is 474 g/mol. The van der Waals surface area contributed by atoms with Gasteiger partial charge in [-0.15, -0.1) is 0 Å². The molecule has 7 nitrogen and oxygen atoms in total. The smallest absolute Gasteiger partial charge is 0.264 e. The highest BCUT2D eigenvalue weighted by atomic mass is 35.5. The van der Waals surface area contributed by atoms with Crippen LogP contribution in [0.15, 0.2) is 88.9 Å². The number of aryl methyl sites for hydroxylation is 1. The van der Waals surface area contributed by atoms with Gasteiger partial charge in [0.05, 0.1) is 22.7 Å². The lowest BCUT2D eigenvalue weighted by atomic mass is 10.1. The van der Waals surface area contributed by atoms with Crippen molar-refractivity contribution >= 4 is 38.9 Å². The van der Waals surface area contributed by atoms with E-state index < -0.39 is 22.5 Å². The predicted molar refractivity (Wildman–Crippen MR) is 135 cm³/mol. The fourth-order valence-corrected chi connectivity index (χ4v) is 4.88. The summed E-state index contributed by atoms with van der Waals surface area (Å²) in [5.41, 5.74) is 4.59. The van der Waals surface area contributed by atoms with Crippen LogP contribution in [0.3, 0.4) is 0 Å². The van der Waals surface area contributed by atoms with E-state index >= 15 is 0 Å². The van der Waals surface area contributed by atoms with Crippen LogP contribution >= 0.6 is 11.6 Å². The molecule has 0 aliphatic rings. The van der Waals surface area contributed by atoms with Crippen molar-refractivity contribution in [3.8, 4) is 5.75 Å². The van der Waals surface area contributed by atoms with E-state index in [2.05, 4.69) is 10.5 Å². The van der Waals surface area contributed by atoms with Crippen LogP contribution in [0.4, 0.5) is 5.69 Å². The number of halogens is 1. The number of ether oxygens (including phenoxy) is 1. The number of carbonyl (C=O) groups excluding carboxylic acids is 1. The van der Waals surface area contributed by atoms with E-state index in [9.17, 15) is 13.2 Å². The topological polar surface area (TPSA) is 88.1 Å². The van der Waals surface area contributed by atoms with Gasteiger partial charge in [-0.25, -0.2) is 13.8 Å². The summed E-state index contributed by atoms with van der Waals surface area (Å²) in [6.45, 7) is 1.33. The summed E-state index contributed by atoms with van der Waals surface area (Å²) in [4.78, 5) is 12.8. The highest BCUT2D eigenvalue weighted by Crippen LogP contribution is 2.31. The lowest BCUT2D eigenvalue weighted by Crippen LogP contribution is -2.39. The third-order valence-corrected chi connectivity index (χ3v) is 7.11. The SMILES string of the molecule is COc1ccc(N(CC(=O)N/N=C(/C)CCc2ccccc2)S(=O)(=O)c2ccccc2)cc1Cl. The monoisotopic (exact) mass is 499 g/mol. The Morgan fingerprint density at radius 1 is 1.03 bits per heavy atom. The van der Waals surface area contributed by atoms with Gasteiger partial charge < -0.3 is 4.74 Å². The molecular formula is C25H26ClN3O4S. The van der Waals surface area contributed by atoms with Crippen molar-refractivity contribution in [1.29, 1.82) is 0 Å². The van der Waals surface area contributed by atoms with Crippen LogP contribution in [0, 0.1) is 0 Å². The molecule has 0 spiro atoms. The van der Waals surface area contributed by atoms with Gasteiger partial charge in [0, 0.05) is 5.71 Å². The first kappa shape index (κ1) is 25.3. The molecule has 3 aromatic rings. The maximum absolute atomic E-state index is 13.4. The van der Waals surface area contributed by atoms with Gasteiger partial charge in [-0.3, -0.25) is 9.10 Å². The van der Waals surface area contributed by atoms with Crippen molar-refractivity contribution in [2.75, 3.05) is 18.0 Å². The van der Waals surface area contributed by atoms with Crippen molar-refractivity contribution in [2.45, 2.75) is 24.7 Å². The van der Waals surface area contributed by atoms with E-state index in [-0.39, 0.29) is 15.6 Å². The normalized spacial score (nSPS) is 11.7. The molecule has 0 heterocycles. The van der Waals surface area contributed by atoms with Gasteiger partial charge in [0.1, 0.15) is 12.3 Å². The van der Waals surface area contributed by atoms with E-state index in [0.717, 1.165) is 16.4 Å². The van der Waals surface area contributed by atoms with Crippen LogP contribution < -0.4 is 14.5 Å². The fourth-order valence-electron chi connectivity index (χ4n) is 3.19. The lowest BCUT2D eigenvalue weighted by molar-refractivity contribution is -0.119. The summed E-state index contributed by atoms with van der Waals surface area (Å²) >= 11 is 6.23. The average molecular weight is 500 g/mol. The molecule has 1 N–H and O–H groups in total. The number of rotatable bonds is 10. The van der Waals surface area contributed by atoms with Crippen LogP contribution in [0.5, 0.6) is 5.75 Å². The predicted octanol–water partition coefficient (Wildman–Crippen LogP) is 4.67. The van der Waals surface area contributed by atoms with Gasteiger partial charge in [-0.05, 0) is 55.7 Å². The Morgan fingerprint density at radius 2 is 1.68 bits per heavy atom. The molecule has 0 unspecified atom stereocenters. The summed E-state index contributed by atoms with van der Waals surface area (Å²) in [5.74, 6) is -0.184. The summed E-state index contributed by atoms with van der Waals surface area (Å²) < 4.78 is 32.9. The number of benzene rings is 3. The Hall–Kier alpha value is -3.36. The largest absolute Gasteiger partial charge is 0.495 e. The van der Waals surface area contributed by atoms with E-state index in [1.807, 2.05) is 37.3 Å². The highest BCUT2D eigenvalue weighted by Gasteiger charge is 2.27. The number of hydrogen-bond acceptors (Lipinski definition) is 5. The molecule has 0 bridgehead atoms. The minimum absolute atomic E-state index is 0.0530. The fraction of sp³-hybridized carbons (Fsp3) is 0.200. The first-order valence-electron chi connectivity index (χ1n) is 10.6. The second-order valence-electron chi connectivity index (χ2n) is 7.51. The van der Waals surface area contributed by atoms with Gasteiger partial charge in [-0.2, -0.15) is 5.10 Å². The van der Waals surface area contributed by atoms with Crippen LogP contribution in [0.2, 0.25) is 5.02 Å². The maximum Gasteiger partial charge on any atom is 0.264 e. The molecule has 0 aliphatic heterocycles. The van der Waals surface area contributed by atoms with Crippen LogP contribution in [-0.4, -0.2) is 33.7 Å². The number of amides is 1. The van der Waals surface area contributed by atoms with E-state index in [4.69, 9.17) is 16.3 Å². The summed E-state index contributed by atoms with van der Waals surface area (Å²) in [6.07, 6.45) is 1.44. The van der Waals surface area contributed by atoms with Gasteiger partial charge >= 0.3 is 0 Å². The van der Waals surface area contributed by atoms with Crippen molar-refractivity contribution in [3.05, 3.63) is 89.4 Å². The molecule has 0 fully saturated rings. The zero-order chi connectivity index (χ0) is 24.6. The van der Waals surface area contributed by atoms with Gasteiger partial charge in [-0.1, -0.05) is 60.1 Å². The number of nitrogens with one attached hydrogen (secondary N) is 1. The lowest BCUT2D eigenvalue weighted by Gasteiger charge is -2.24. The quantitative estimate of drug-likeness (QED) is 0.324. The average Bonchev–Trinajstić information content (AvgIpc) is 2.85. The molecule has 0 saturated heterocycles. The standard InChI is InChI=1S/C25H26ClN3O4S/c1-19(13-14-20-9-5-3-6-10-20)27-28-25(30)18-29(21-15-16-24(33-2)23(26)17-21)34(31,32)22-11-7-4-8-12-22/h3-12,15-17H,13-14,18H2,1-2H3,(H,28,30)/b27-19-. The van der Waals surface area contributed by atoms with E-state index in [1.54, 1.807) is 24.3 Å². The molecule has 34 heavy (non-hydrogen) atoms. The number of anilines is 1. The molecule has 3 rings (SSSR count). The Balaban J connectivity index is 1.78.